The average molecular weight is 424 g/mol. The molecule has 1 N–H and O–H groups in total. The molecule has 9 heteroatoms. The molecule has 0 bridgehead atoms. The fraction of sp³-hybridized carbons (Fsp3) is 0.263. The quantitative estimate of drug-likeness (QED) is 0.501. The van der Waals surface area contributed by atoms with Crippen LogP contribution in [0.1, 0.15) is 12.5 Å². The van der Waals surface area contributed by atoms with Crippen LogP contribution in [0.4, 0.5) is 11.4 Å². The molecule has 0 heterocycles. The van der Waals surface area contributed by atoms with Crippen molar-refractivity contribution >= 4 is 46.3 Å². The highest BCUT2D eigenvalue weighted by molar-refractivity contribution is 6.36. The molecule has 28 heavy (non-hydrogen) atoms. The van der Waals surface area contributed by atoms with E-state index in [0.717, 1.165) is 5.56 Å². The fourth-order valence-electron chi connectivity index (χ4n) is 2.36. The van der Waals surface area contributed by atoms with Gasteiger partial charge in [-0.25, -0.2) is 0 Å². The van der Waals surface area contributed by atoms with Crippen LogP contribution in [0.5, 0.6) is 11.5 Å². The van der Waals surface area contributed by atoms with Gasteiger partial charge in [0.15, 0.2) is 5.78 Å². The molecule has 0 saturated heterocycles. The van der Waals surface area contributed by atoms with E-state index in [1.807, 2.05) is 0 Å². The van der Waals surface area contributed by atoms with E-state index in [0.29, 0.717) is 22.2 Å². The lowest BCUT2D eigenvalue weighted by molar-refractivity contribution is -0.126. The minimum absolute atomic E-state index is 0.136. The molecular formula is C19H19Cl2N3O4. The number of halogens is 2. The van der Waals surface area contributed by atoms with Gasteiger partial charge in [0.05, 0.1) is 19.2 Å². The zero-order valence-corrected chi connectivity index (χ0v) is 17.3. The number of nitrogens with one attached hydrogen (secondary N) is 1. The Kier molecular flexibility index (Phi) is 7.37. The Morgan fingerprint density at radius 3 is 2.29 bits per heavy atom. The van der Waals surface area contributed by atoms with E-state index in [1.54, 1.807) is 37.3 Å². The second-order valence-electron chi connectivity index (χ2n) is 5.78. The van der Waals surface area contributed by atoms with Gasteiger partial charge in [-0.3, -0.25) is 9.59 Å². The Hall–Kier alpha value is -2.64. The molecular weight excluding hydrogens is 405 g/mol. The Labute approximate surface area is 172 Å². The first-order valence-corrected chi connectivity index (χ1v) is 8.93. The molecule has 0 aliphatic heterocycles. The lowest BCUT2D eigenvalue weighted by Gasteiger charge is -2.15. The predicted molar refractivity (Wildman–Crippen MR) is 108 cm³/mol. The molecule has 0 aliphatic rings. The maximum Gasteiger partial charge on any atom is 0.258 e. The topological polar surface area (TPSA) is 89.3 Å². The van der Waals surface area contributed by atoms with Gasteiger partial charge in [0.25, 0.3) is 5.91 Å². The van der Waals surface area contributed by atoms with E-state index >= 15 is 0 Å². The number of hydrogen-bond donors (Lipinski definition) is 1. The first-order valence-electron chi connectivity index (χ1n) is 8.17. The van der Waals surface area contributed by atoms with Crippen LogP contribution in [-0.4, -0.2) is 32.0 Å². The molecule has 1 amide bonds. The number of ether oxygens (including phenoxy) is 2. The van der Waals surface area contributed by atoms with Crippen molar-refractivity contribution in [1.82, 2.24) is 0 Å². The highest BCUT2D eigenvalue weighted by Crippen LogP contribution is 2.39. The van der Waals surface area contributed by atoms with Crippen LogP contribution < -0.4 is 14.8 Å². The van der Waals surface area contributed by atoms with E-state index in [4.69, 9.17) is 32.7 Å². The molecule has 0 aromatic heterocycles. The number of benzene rings is 2. The van der Waals surface area contributed by atoms with Crippen molar-refractivity contribution in [2.24, 2.45) is 10.2 Å². The fourth-order valence-corrected chi connectivity index (χ4v) is 2.90. The van der Waals surface area contributed by atoms with Gasteiger partial charge in [-0.05, 0) is 37.6 Å². The molecule has 1 unspecified atom stereocenters. The summed E-state index contributed by atoms with van der Waals surface area (Å²) in [5, 5.41) is 11.0. The summed E-state index contributed by atoms with van der Waals surface area (Å²) in [4.78, 5) is 24.7. The van der Waals surface area contributed by atoms with Crippen LogP contribution in [0.3, 0.4) is 0 Å². The summed E-state index contributed by atoms with van der Waals surface area (Å²) in [6.45, 7) is 3.04. The summed E-state index contributed by atoms with van der Waals surface area (Å²) in [6.07, 6.45) is 0. The second kappa shape index (κ2) is 9.52. The van der Waals surface area contributed by atoms with Crippen molar-refractivity contribution in [3.05, 3.63) is 45.9 Å². The maximum atomic E-state index is 12.7. The third-order valence-corrected chi connectivity index (χ3v) is 4.53. The molecule has 148 valence electrons. The van der Waals surface area contributed by atoms with Crippen molar-refractivity contribution in [3.8, 4) is 11.5 Å². The van der Waals surface area contributed by atoms with Gasteiger partial charge < -0.3 is 14.8 Å². The first kappa shape index (κ1) is 21.7. The van der Waals surface area contributed by atoms with E-state index < -0.39 is 17.7 Å². The van der Waals surface area contributed by atoms with Crippen LogP contribution in [0.2, 0.25) is 10.0 Å². The van der Waals surface area contributed by atoms with Gasteiger partial charge in [0.2, 0.25) is 6.04 Å². The summed E-state index contributed by atoms with van der Waals surface area (Å²) in [5.74, 6) is -0.566. The number of azo groups is 1. The molecule has 0 fully saturated rings. The smallest absolute Gasteiger partial charge is 0.258 e. The van der Waals surface area contributed by atoms with Crippen molar-refractivity contribution in [1.29, 1.82) is 0 Å². The zero-order valence-electron chi connectivity index (χ0n) is 15.7. The normalized spacial score (nSPS) is 11.9. The molecule has 0 radical (unpaired) electrons. The van der Waals surface area contributed by atoms with Crippen molar-refractivity contribution < 1.29 is 19.1 Å². The van der Waals surface area contributed by atoms with E-state index in [2.05, 4.69) is 15.5 Å². The summed E-state index contributed by atoms with van der Waals surface area (Å²) < 4.78 is 10.4. The van der Waals surface area contributed by atoms with Crippen LogP contribution in [0.15, 0.2) is 40.6 Å². The third-order valence-electron chi connectivity index (χ3n) is 3.85. The molecule has 0 spiro atoms. The lowest BCUT2D eigenvalue weighted by atomic mass is 10.2. The summed E-state index contributed by atoms with van der Waals surface area (Å²) in [5.41, 5.74) is 1.32. The summed E-state index contributed by atoms with van der Waals surface area (Å²) >= 11 is 12.4. The number of rotatable bonds is 7. The van der Waals surface area contributed by atoms with Gasteiger partial charge in [-0.2, -0.15) is 10.2 Å². The second-order valence-corrected chi connectivity index (χ2v) is 6.57. The average Bonchev–Trinajstić information content (AvgIpc) is 2.65. The monoisotopic (exact) mass is 423 g/mol. The number of carbonyl (C=O) groups is 2. The summed E-state index contributed by atoms with van der Waals surface area (Å²) in [7, 11) is 2.87. The van der Waals surface area contributed by atoms with E-state index in [1.165, 1.54) is 21.1 Å². The molecule has 2 rings (SSSR count). The number of ketones is 1. The number of hydrogen-bond acceptors (Lipinski definition) is 6. The zero-order chi connectivity index (χ0) is 20.8. The Morgan fingerprint density at radius 2 is 1.71 bits per heavy atom. The van der Waals surface area contributed by atoms with Crippen molar-refractivity contribution in [3.63, 3.8) is 0 Å². The van der Waals surface area contributed by atoms with Gasteiger partial charge in [-0.15, -0.1) is 0 Å². The van der Waals surface area contributed by atoms with Crippen LogP contribution in [-0.2, 0) is 9.59 Å². The van der Waals surface area contributed by atoms with Crippen LogP contribution >= 0.6 is 23.2 Å². The number of amides is 1. The maximum absolute atomic E-state index is 12.7. The van der Waals surface area contributed by atoms with Gasteiger partial charge in [0, 0.05) is 0 Å². The molecule has 2 aromatic carbocycles. The number of aryl methyl sites for hydroxylation is 1. The minimum Gasteiger partial charge on any atom is -0.495 e. The number of nitrogens with zero attached hydrogens (tertiary/aromatic N) is 2. The van der Waals surface area contributed by atoms with Crippen molar-refractivity contribution in [2.75, 3.05) is 19.5 Å². The summed E-state index contributed by atoms with van der Waals surface area (Å²) in [6, 6.07) is 7.00. The lowest BCUT2D eigenvalue weighted by Crippen LogP contribution is -2.32. The van der Waals surface area contributed by atoms with Gasteiger partial charge in [-0.1, -0.05) is 35.3 Å². The van der Waals surface area contributed by atoms with E-state index in [9.17, 15) is 9.59 Å². The van der Waals surface area contributed by atoms with Gasteiger partial charge >= 0.3 is 0 Å². The van der Waals surface area contributed by atoms with Crippen LogP contribution in [0.25, 0.3) is 0 Å². The number of methoxy groups -OCH3 is 2. The van der Waals surface area contributed by atoms with Gasteiger partial charge in [0.1, 0.15) is 27.9 Å². The van der Waals surface area contributed by atoms with Crippen molar-refractivity contribution in [2.45, 2.75) is 19.9 Å². The number of anilines is 1. The number of carbonyl (C=O) groups excluding carboxylic acids is 2. The standard InChI is InChI=1S/C19H19Cl2N3O4/c1-10-6-5-7-12(20)16(10)23-24-17(11(2)25)19(26)22-18-14(28-4)9-8-13(27-3)15(18)21/h5-9,17H,1-4H3,(H,22,26). The first-order chi connectivity index (χ1) is 13.3. The number of Topliss-reactive ketones (excluding diaryl/α,β-unsaturated/α-hetero) is 1. The highest BCUT2D eigenvalue weighted by Gasteiger charge is 2.26. The Bertz CT molecular complexity index is 911. The SMILES string of the molecule is COc1ccc(OC)c(NC(=O)C(N=Nc2c(C)cccc2Cl)C(C)=O)c1Cl. The predicted octanol–water partition coefficient (Wildman–Crippen LogP) is 5.00. The third kappa shape index (κ3) is 4.79. The van der Waals surface area contributed by atoms with E-state index in [-0.39, 0.29) is 10.7 Å². The molecule has 7 nitrogen and oxygen atoms in total. The molecule has 0 aliphatic carbocycles. The largest absolute Gasteiger partial charge is 0.495 e. The molecule has 2 aromatic rings. The minimum atomic E-state index is -1.39. The Morgan fingerprint density at radius 1 is 1.07 bits per heavy atom. The molecule has 0 saturated carbocycles. The Balaban J connectivity index is 2.35. The highest BCUT2D eigenvalue weighted by atomic mass is 35.5. The van der Waals surface area contributed by atoms with Crippen LogP contribution in [0, 0.1) is 6.92 Å². The molecule has 1 atom stereocenters.